The SMILES string of the molecule is O=C(NC12C[C@H]3C[C@@H](C1)CC(c1c[nH]c(=O)[nH]c1=O)(C3)C2)c1cccnc1. The summed E-state index contributed by atoms with van der Waals surface area (Å²) in [6.45, 7) is 0. The molecule has 4 aliphatic carbocycles. The molecular weight excluding hydrogens is 344 g/mol. The summed E-state index contributed by atoms with van der Waals surface area (Å²) < 4.78 is 0. The summed E-state index contributed by atoms with van der Waals surface area (Å²) in [5.41, 5.74) is -0.119. The molecule has 6 rings (SSSR count). The minimum Gasteiger partial charge on any atom is -0.347 e. The van der Waals surface area contributed by atoms with Gasteiger partial charge < -0.3 is 10.3 Å². The van der Waals surface area contributed by atoms with Crippen molar-refractivity contribution < 1.29 is 4.79 Å². The van der Waals surface area contributed by atoms with Gasteiger partial charge in [-0.2, -0.15) is 0 Å². The van der Waals surface area contributed by atoms with Crippen molar-refractivity contribution in [1.82, 2.24) is 20.3 Å². The Labute approximate surface area is 155 Å². The van der Waals surface area contributed by atoms with Crippen LogP contribution in [0.15, 0.2) is 40.3 Å². The van der Waals surface area contributed by atoms with E-state index in [0.717, 1.165) is 38.5 Å². The number of aromatic nitrogens is 3. The summed E-state index contributed by atoms with van der Waals surface area (Å²) in [4.78, 5) is 45.9. The first-order valence-corrected chi connectivity index (χ1v) is 9.52. The molecule has 2 heterocycles. The van der Waals surface area contributed by atoms with Gasteiger partial charge in [-0.15, -0.1) is 0 Å². The predicted molar refractivity (Wildman–Crippen MR) is 98.5 cm³/mol. The molecule has 0 aliphatic heterocycles. The van der Waals surface area contributed by atoms with E-state index in [1.54, 1.807) is 30.7 Å². The first-order valence-electron chi connectivity index (χ1n) is 9.52. The molecule has 2 aromatic heterocycles. The Bertz CT molecular complexity index is 996. The van der Waals surface area contributed by atoms with Gasteiger partial charge >= 0.3 is 5.69 Å². The minimum absolute atomic E-state index is 0.101. The van der Waals surface area contributed by atoms with Crippen molar-refractivity contribution >= 4 is 5.91 Å². The molecule has 2 unspecified atom stereocenters. The summed E-state index contributed by atoms with van der Waals surface area (Å²) in [5, 5.41) is 3.30. The smallest absolute Gasteiger partial charge is 0.325 e. The molecule has 0 spiro atoms. The Hall–Kier alpha value is -2.70. The van der Waals surface area contributed by atoms with Crippen molar-refractivity contribution in [2.45, 2.75) is 49.5 Å². The first kappa shape index (κ1) is 16.5. The maximum absolute atomic E-state index is 12.8. The van der Waals surface area contributed by atoms with Crippen molar-refractivity contribution in [2.75, 3.05) is 0 Å². The minimum atomic E-state index is -0.479. The van der Waals surface area contributed by atoms with E-state index in [1.165, 1.54) is 0 Å². The van der Waals surface area contributed by atoms with Crippen LogP contribution < -0.4 is 16.6 Å². The van der Waals surface area contributed by atoms with Gasteiger partial charge in [-0.3, -0.25) is 19.6 Å². The maximum Gasteiger partial charge on any atom is 0.325 e. The van der Waals surface area contributed by atoms with Crippen LogP contribution in [0.25, 0.3) is 0 Å². The number of rotatable bonds is 3. The number of H-pyrrole nitrogens is 2. The second kappa shape index (κ2) is 5.65. The molecule has 4 bridgehead atoms. The molecule has 140 valence electrons. The molecule has 7 heteroatoms. The van der Waals surface area contributed by atoms with E-state index >= 15 is 0 Å². The molecule has 4 aliphatic rings. The highest BCUT2D eigenvalue weighted by Crippen LogP contribution is 2.61. The second-order valence-electron chi connectivity index (χ2n) is 8.70. The number of amides is 1. The average molecular weight is 366 g/mol. The number of aromatic amines is 2. The van der Waals surface area contributed by atoms with Gasteiger partial charge in [0.1, 0.15) is 0 Å². The number of carbonyl (C=O) groups is 1. The highest BCUT2D eigenvalue weighted by atomic mass is 16.2. The van der Waals surface area contributed by atoms with Crippen LogP contribution in [-0.2, 0) is 5.41 Å². The van der Waals surface area contributed by atoms with Crippen LogP contribution in [0.2, 0.25) is 0 Å². The van der Waals surface area contributed by atoms with E-state index in [2.05, 4.69) is 20.3 Å². The summed E-state index contributed by atoms with van der Waals surface area (Å²) in [5.74, 6) is 0.883. The fourth-order valence-corrected chi connectivity index (χ4v) is 6.34. The second-order valence-corrected chi connectivity index (χ2v) is 8.70. The molecule has 0 radical (unpaired) electrons. The lowest BCUT2D eigenvalue weighted by Gasteiger charge is -2.62. The van der Waals surface area contributed by atoms with E-state index < -0.39 is 5.69 Å². The molecule has 4 saturated carbocycles. The Morgan fingerprint density at radius 2 is 1.96 bits per heavy atom. The van der Waals surface area contributed by atoms with Crippen molar-refractivity contribution in [3.05, 3.63) is 62.7 Å². The quantitative estimate of drug-likeness (QED) is 0.764. The van der Waals surface area contributed by atoms with Crippen molar-refractivity contribution in [3.63, 3.8) is 0 Å². The average Bonchev–Trinajstić information content (AvgIpc) is 2.60. The lowest BCUT2D eigenvalue weighted by Crippen LogP contribution is -2.65. The van der Waals surface area contributed by atoms with Crippen molar-refractivity contribution in [1.29, 1.82) is 0 Å². The summed E-state index contributed by atoms with van der Waals surface area (Å²) in [7, 11) is 0. The van der Waals surface area contributed by atoms with Gasteiger partial charge in [0.15, 0.2) is 0 Å². The van der Waals surface area contributed by atoms with Crippen LogP contribution in [0.4, 0.5) is 0 Å². The Morgan fingerprint density at radius 3 is 2.63 bits per heavy atom. The highest BCUT2D eigenvalue weighted by molar-refractivity contribution is 5.94. The largest absolute Gasteiger partial charge is 0.347 e. The first-order chi connectivity index (χ1) is 13.0. The molecule has 2 aromatic rings. The number of carbonyl (C=O) groups excluding carboxylic acids is 1. The van der Waals surface area contributed by atoms with Gasteiger partial charge in [0, 0.05) is 35.1 Å². The third-order valence-electron chi connectivity index (χ3n) is 6.75. The molecule has 1 amide bonds. The standard InChI is InChI=1S/C20H22N4O3/c25-16(14-2-1-3-21-9-14)24-20-7-12-4-13(8-20)6-19(5-12,11-20)15-10-22-18(27)23-17(15)26/h1-3,9-10,12-13H,4-8,11H2,(H,24,25)(H2,22,23,26,27)/t12-,13+,19?,20?. The summed E-state index contributed by atoms with van der Waals surface area (Å²) >= 11 is 0. The topological polar surface area (TPSA) is 108 Å². The summed E-state index contributed by atoms with van der Waals surface area (Å²) in [6, 6.07) is 3.53. The Morgan fingerprint density at radius 1 is 1.19 bits per heavy atom. The fraction of sp³-hybridized carbons (Fsp3) is 0.500. The van der Waals surface area contributed by atoms with Crippen molar-refractivity contribution in [3.8, 4) is 0 Å². The molecule has 4 fully saturated rings. The third kappa shape index (κ3) is 2.64. The summed E-state index contributed by atoms with van der Waals surface area (Å²) in [6.07, 6.45) is 10.5. The number of nitrogens with zero attached hydrogens (tertiary/aromatic N) is 1. The van der Waals surface area contributed by atoms with Gasteiger partial charge in [-0.1, -0.05) is 0 Å². The lowest BCUT2D eigenvalue weighted by atomic mass is 9.45. The van der Waals surface area contributed by atoms with Gasteiger partial charge in [0.05, 0.1) is 5.56 Å². The highest BCUT2D eigenvalue weighted by Gasteiger charge is 2.59. The van der Waals surface area contributed by atoms with E-state index in [-0.39, 0.29) is 22.4 Å². The number of hydrogen-bond acceptors (Lipinski definition) is 4. The van der Waals surface area contributed by atoms with Crippen LogP contribution >= 0.6 is 0 Å². The van der Waals surface area contributed by atoms with Crippen LogP contribution in [0.1, 0.15) is 54.4 Å². The van der Waals surface area contributed by atoms with Crippen LogP contribution in [0, 0.1) is 11.8 Å². The van der Waals surface area contributed by atoms with E-state index in [0.29, 0.717) is 23.0 Å². The van der Waals surface area contributed by atoms with Crippen molar-refractivity contribution in [2.24, 2.45) is 11.8 Å². The van der Waals surface area contributed by atoms with Crippen LogP contribution in [0.3, 0.4) is 0 Å². The normalized spacial score (nSPS) is 33.8. The van der Waals surface area contributed by atoms with Gasteiger partial charge in [0.2, 0.25) is 0 Å². The number of pyridine rings is 1. The molecular formula is C20H22N4O3. The van der Waals surface area contributed by atoms with Gasteiger partial charge in [-0.25, -0.2) is 4.79 Å². The van der Waals surface area contributed by atoms with Gasteiger partial charge in [0.25, 0.3) is 11.5 Å². The van der Waals surface area contributed by atoms with E-state index in [4.69, 9.17) is 0 Å². The fourth-order valence-electron chi connectivity index (χ4n) is 6.34. The number of nitrogens with one attached hydrogen (secondary N) is 3. The molecule has 4 atom stereocenters. The Balaban J connectivity index is 1.51. The van der Waals surface area contributed by atoms with E-state index in [1.807, 2.05) is 0 Å². The van der Waals surface area contributed by atoms with Crippen LogP contribution in [-0.4, -0.2) is 26.4 Å². The molecule has 27 heavy (non-hydrogen) atoms. The van der Waals surface area contributed by atoms with Crippen LogP contribution in [0.5, 0.6) is 0 Å². The molecule has 7 nitrogen and oxygen atoms in total. The third-order valence-corrected chi connectivity index (χ3v) is 6.75. The monoisotopic (exact) mass is 366 g/mol. The molecule has 3 N–H and O–H groups in total. The zero-order valence-corrected chi connectivity index (χ0v) is 15.0. The maximum atomic E-state index is 12.8. The molecule has 0 aromatic carbocycles. The van der Waals surface area contributed by atoms with Gasteiger partial charge in [-0.05, 0) is 62.5 Å². The predicted octanol–water partition coefficient (Wildman–Crippen LogP) is 1.48. The number of hydrogen-bond donors (Lipinski definition) is 3. The zero-order valence-electron chi connectivity index (χ0n) is 15.0. The lowest BCUT2D eigenvalue weighted by molar-refractivity contribution is -0.0378. The zero-order chi connectivity index (χ0) is 18.6. The Kier molecular flexibility index (Phi) is 3.44. The molecule has 0 saturated heterocycles. The van der Waals surface area contributed by atoms with E-state index in [9.17, 15) is 14.4 Å².